The summed E-state index contributed by atoms with van der Waals surface area (Å²) in [5.74, 6) is 0.275. The van der Waals surface area contributed by atoms with Gasteiger partial charge in [-0.1, -0.05) is 20.8 Å². The lowest BCUT2D eigenvalue weighted by molar-refractivity contribution is -0.138. The van der Waals surface area contributed by atoms with E-state index in [4.69, 9.17) is 5.73 Å². The van der Waals surface area contributed by atoms with E-state index in [-0.39, 0.29) is 17.2 Å². The molecule has 2 N–H and O–H groups in total. The highest BCUT2D eigenvalue weighted by Gasteiger charge is 2.35. The van der Waals surface area contributed by atoms with E-state index in [0.29, 0.717) is 12.6 Å². The monoisotopic (exact) mass is 267 g/mol. The summed E-state index contributed by atoms with van der Waals surface area (Å²) in [6.45, 7) is 11.1. The largest absolute Gasteiger partial charge is 0.340 e. The highest BCUT2D eigenvalue weighted by atomic mass is 16.2. The molecule has 19 heavy (non-hydrogen) atoms. The third kappa shape index (κ3) is 3.69. The van der Waals surface area contributed by atoms with Crippen LogP contribution in [0.25, 0.3) is 0 Å². The minimum atomic E-state index is -0.00652. The van der Waals surface area contributed by atoms with Crippen molar-refractivity contribution in [3.63, 3.8) is 0 Å². The molecule has 0 aliphatic carbocycles. The van der Waals surface area contributed by atoms with Crippen molar-refractivity contribution in [3.8, 4) is 0 Å². The quantitative estimate of drug-likeness (QED) is 0.838. The first kappa shape index (κ1) is 14.8. The summed E-state index contributed by atoms with van der Waals surface area (Å²) in [6.07, 6.45) is 3.42. The van der Waals surface area contributed by atoms with Crippen LogP contribution >= 0.6 is 0 Å². The van der Waals surface area contributed by atoms with Gasteiger partial charge in [-0.15, -0.1) is 0 Å². The summed E-state index contributed by atoms with van der Waals surface area (Å²) in [5, 5.41) is 0. The summed E-state index contributed by atoms with van der Waals surface area (Å²) >= 11 is 0. The molecule has 4 heteroatoms. The van der Waals surface area contributed by atoms with Gasteiger partial charge in [-0.3, -0.25) is 9.69 Å². The van der Waals surface area contributed by atoms with Gasteiger partial charge >= 0.3 is 0 Å². The second-order valence-electron chi connectivity index (χ2n) is 7.31. The first-order valence-electron chi connectivity index (χ1n) is 7.63. The maximum atomic E-state index is 12.6. The fourth-order valence-electron chi connectivity index (χ4n) is 3.46. The number of carbonyl (C=O) groups excluding carboxylic acids is 1. The van der Waals surface area contributed by atoms with Crippen LogP contribution in [0, 0.1) is 11.3 Å². The molecule has 2 saturated heterocycles. The van der Waals surface area contributed by atoms with Crippen molar-refractivity contribution in [1.29, 1.82) is 0 Å². The number of carbonyl (C=O) groups is 1. The standard InChI is InChI=1S/C15H29N3O/c1-15(2,3)9-12(10-16)14(19)18-8-7-17-6-4-5-13(17)11-18/h12-13H,4-11,16H2,1-3H3. The smallest absolute Gasteiger partial charge is 0.227 e. The van der Waals surface area contributed by atoms with Gasteiger partial charge in [0.1, 0.15) is 0 Å². The van der Waals surface area contributed by atoms with Crippen molar-refractivity contribution >= 4 is 5.91 Å². The molecule has 1 amide bonds. The van der Waals surface area contributed by atoms with Crippen molar-refractivity contribution < 1.29 is 4.79 Å². The Bertz CT molecular complexity index is 324. The number of amides is 1. The topological polar surface area (TPSA) is 49.6 Å². The van der Waals surface area contributed by atoms with Gasteiger partial charge in [0.25, 0.3) is 0 Å². The molecule has 2 aliphatic rings. The Morgan fingerprint density at radius 1 is 1.32 bits per heavy atom. The molecular formula is C15H29N3O. The SMILES string of the molecule is CC(C)(C)CC(CN)C(=O)N1CCN2CCCC2C1. The Hall–Kier alpha value is -0.610. The van der Waals surface area contributed by atoms with E-state index in [0.717, 1.165) is 26.1 Å². The average molecular weight is 267 g/mol. The van der Waals surface area contributed by atoms with Gasteiger partial charge < -0.3 is 10.6 Å². The van der Waals surface area contributed by atoms with Crippen molar-refractivity contribution in [2.45, 2.75) is 46.1 Å². The zero-order chi connectivity index (χ0) is 14.0. The molecule has 2 atom stereocenters. The van der Waals surface area contributed by atoms with Crippen LogP contribution in [0.5, 0.6) is 0 Å². The summed E-state index contributed by atoms with van der Waals surface area (Å²) in [6, 6.07) is 0.603. The lowest BCUT2D eigenvalue weighted by Crippen LogP contribution is -2.54. The van der Waals surface area contributed by atoms with Gasteiger partial charge in [0.15, 0.2) is 0 Å². The van der Waals surface area contributed by atoms with Crippen molar-refractivity contribution in [1.82, 2.24) is 9.80 Å². The van der Waals surface area contributed by atoms with Gasteiger partial charge in [-0.05, 0) is 31.2 Å². The normalized spacial score (nSPS) is 26.3. The highest BCUT2D eigenvalue weighted by Crippen LogP contribution is 2.27. The lowest BCUT2D eigenvalue weighted by atomic mass is 9.84. The van der Waals surface area contributed by atoms with Crippen LogP contribution in [0.15, 0.2) is 0 Å². The van der Waals surface area contributed by atoms with Crippen LogP contribution < -0.4 is 5.73 Å². The molecule has 0 bridgehead atoms. The summed E-state index contributed by atoms with van der Waals surface area (Å²) in [4.78, 5) is 17.2. The molecule has 0 radical (unpaired) electrons. The number of nitrogens with zero attached hydrogens (tertiary/aromatic N) is 2. The molecule has 4 nitrogen and oxygen atoms in total. The predicted octanol–water partition coefficient (Wildman–Crippen LogP) is 1.30. The number of nitrogens with two attached hydrogens (primary N) is 1. The molecule has 0 aromatic carbocycles. The predicted molar refractivity (Wildman–Crippen MR) is 77.8 cm³/mol. The molecule has 2 heterocycles. The maximum Gasteiger partial charge on any atom is 0.227 e. The van der Waals surface area contributed by atoms with Crippen LogP contribution in [-0.2, 0) is 4.79 Å². The first-order valence-corrected chi connectivity index (χ1v) is 7.63. The minimum absolute atomic E-state index is 0.00652. The Kier molecular flexibility index (Phi) is 4.51. The fraction of sp³-hybridized carbons (Fsp3) is 0.933. The first-order chi connectivity index (χ1) is 8.90. The van der Waals surface area contributed by atoms with E-state index >= 15 is 0 Å². The maximum absolute atomic E-state index is 12.6. The van der Waals surface area contributed by atoms with E-state index in [1.54, 1.807) is 0 Å². The van der Waals surface area contributed by atoms with Gasteiger partial charge in [0.2, 0.25) is 5.91 Å². The van der Waals surface area contributed by atoms with Gasteiger partial charge in [-0.25, -0.2) is 0 Å². The molecule has 0 saturated carbocycles. The molecule has 2 rings (SSSR count). The van der Waals surface area contributed by atoms with Crippen LogP contribution in [-0.4, -0.2) is 54.5 Å². The molecule has 0 aromatic heterocycles. The van der Waals surface area contributed by atoms with E-state index in [1.807, 2.05) is 0 Å². The van der Waals surface area contributed by atoms with E-state index in [1.165, 1.54) is 19.4 Å². The van der Waals surface area contributed by atoms with Crippen molar-refractivity contribution in [2.75, 3.05) is 32.7 Å². The summed E-state index contributed by atoms with van der Waals surface area (Å²) in [7, 11) is 0. The zero-order valence-electron chi connectivity index (χ0n) is 12.7. The Morgan fingerprint density at radius 2 is 2.05 bits per heavy atom. The van der Waals surface area contributed by atoms with Crippen LogP contribution in [0.3, 0.4) is 0 Å². The number of hydrogen-bond acceptors (Lipinski definition) is 3. The number of fused-ring (bicyclic) bond motifs is 1. The Balaban J connectivity index is 1.94. The van der Waals surface area contributed by atoms with E-state index in [9.17, 15) is 4.79 Å². The van der Waals surface area contributed by atoms with Gasteiger partial charge in [0.05, 0.1) is 5.92 Å². The van der Waals surface area contributed by atoms with Crippen LogP contribution in [0.1, 0.15) is 40.0 Å². The third-order valence-electron chi connectivity index (χ3n) is 4.39. The van der Waals surface area contributed by atoms with Crippen molar-refractivity contribution in [3.05, 3.63) is 0 Å². The molecule has 2 unspecified atom stereocenters. The molecule has 0 aromatic rings. The molecular weight excluding hydrogens is 238 g/mol. The molecule has 2 fully saturated rings. The van der Waals surface area contributed by atoms with E-state index < -0.39 is 0 Å². The number of piperazine rings is 1. The fourth-order valence-corrected chi connectivity index (χ4v) is 3.46. The van der Waals surface area contributed by atoms with Gasteiger partial charge in [0, 0.05) is 32.2 Å². The number of hydrogen-bond donors (Lipinski definition) is 1. The summed E-state index contributed by atoms with van der Waals surface area (Å²) in [5.41, 5.74) is 6.00. The minimum Gasteiger partial charge on any atom is -0.340 e. The highest BCUT2D eigenvalue weighted by molar-refractivity contribution is 5.79. The van der Waals surface area contributed by atoms with E-state index in [2.05, 4.69) is 30.6 Å². The van der Waals surface area contributed by atoms with Crippen LogP contribution in [0.4, 0.5) is 0 Å². The zero-order valence-corrected chi connectivity index (χ0v) is 12.7. The molecule has 2 aliphatic heterocycles. The Morgan fingerprint density at radius 3 is 2.68 bits per heavy atom. The Labute approximate surface area is 117 Å². The second kappa shape index (κ2) is 5.80. The second-order valence-corrected chi connectivity index (χ2v) is 7.31. The third-order valence-corrected chi connectivity index (χ3v) is 4.39. The summed E-state index contributed by atoms with van der Waals surface area (Å²) < 4.78 is 0. The van der Waals surface area contributed by atoms with Crippen LogP contribution in [0.2, 0.25) is 0 Å². The average Bonchev–Trinajstić information content (AvgIpc) is 2.81. The molecule has 0 spiro atoms. The van der Waals surface area contributed by atoms with Gasteiger partial charge in [-0.2, -0.15) is 0 Å². The molecule has 110 valence electrons. The lowest BCUT2D eigenvalue weighted by Gasteiger charge is -2.39. The number of rotatable bonds is 3. The van der Waals surface area contributed by atoms with Crippen molar-refractivity contribution in [2.24, 2.45) is 17.1 Å².